The number of hydrogen-bond donors (Lipinski definition) is 0. The zero-order valence-corrected chi connectivity index (χ0v) is 24.0. The topological polar surface area (TPSA) is 79.4 Å². The van der Waals surface area contributed by atoms with Crippen LogP contribution in [-0.4, -0.2) is 53.8 Å². The molecule has 0 saturated carbocycles. The van der Waals surface area contributed by atoms with Crippen molar-refractivity contribution in [2.24, 2.45) is 0 Å². The van der Waals surface area contributed by atoms with Gasteiger partial charge in [0.05, 0.1) is 17.3 Å². The molecule has 2 aliphatic heterocycles. The van der Waals surface area contributed by atoms with Crippen molar-refractivity contribution in [3.05, 3.63) is 63.6 Å². The van der Waals surface area contributed by atoms with Crippen molar-refractivity contribution in [1.29, 1.82) is 0 Å². The number of rotatable bonds is 2. The summed E-state index contributed by atoms with van der Waals surface area (Å²) < 4.78 is 11.4. The van der Waals surface area contributed by atoms with Gasteiger partial charge in [0.2, 0.25) is 0 Å². The van der Waals surface area contributed by atoms with Gasteiger partial charge >= 0.3 is 12.1 Å². The summed E-state index contributed by atoms with van der Waals surface area (Å²) >= 11 is 13.0. The molecule has 10 heteroatoms. The van der Waals surface area contributed by atoms with E-state index >= 15 is 0 Å². The van der Waals surface area contributed by atoms with Crippen molar-refractivity contribution in [1.82, 2.24) is 5.01 Å². The maximum absolute atomic E-state index is 14.1. The zero-order chi connectivity index (χ0) is 28.2. The molecule has 2 aromatic rings. The third kappa shape index (κ3) is 5.33. The van der Waals surface area contributed by atoms with Gasteiger partial charge in [0.1, 0.15) is 11.2 Å². The lowest BCUT2D eigenvalue weighted by Crippen LogP contribution is -2.45. The number of nitrogens with zero attached hydrogens (tertiary/aromatic N) is 3. The fraction of sp³-hybridized carbons (Fsp3) is 0.393. The maximum Gasteiger partial charge on any atom is 0.430 e. The van der Waals surface area contributed by atoms with Crippen molar-refractivity contribution in [3.8, 4) is 0 Å². The van der Waals surface area contributed by atoms with E-state index in [4.69, 9.17) is 32.7 Å². The molecule has 4 rings (SSSR count). The predicted molar refractivity (Wildman–Crippen MR) is 148 cm³/mol. The van der Waals surface area contributed by atoms with Gasteiger partial charge in [0, 0.05) is 34.5 Å². The van der Waals surface area contributed by atoms with Gasteiger partial charge in [-0.2, -0.15) is 0 Å². The maximum atomic E-state index is 14.1. The first-order valence-electron chi connectivity index (χ1n) is 12.2. The van der Waals surface area contributed by atoms with Gasteiger partial charge in [0.25, 0.3) is 5.91 Å². The quantitative estimate of drug-likeness (QED) is 0.326. The van der Waals surface area contributed by atoms with E-state index in [-0.39, 0.29) is 17.1 Å². The highest BCUT2D eigenvalue weighted by Crippen LogP contribution is 2.48. The molecule has 2 amide bonds. The van der Waals surface area contributed by atoms with E-state index in [0.29, 0.717) is 27.5 Å². The number of benzene rings is 2. The molecule has 1 atom stereocenters. The molecule has 1 fully saturated rings. The van der Waals surface area contributed by atoms with E-state index in [9.17, 15) is 14.4 Å². The van der Waals surface area contributed by atoms with Gasteiger partial charge in [-0.15, -0.1) is 0 Å². The van der Waals surface area contributed by atoms with Crippen LogP contribution in [0.4, 0.5) is 16.2 Å². The Bertz CT molecular complexity index is 1330. The molecule has 2 heterocycles. The highest BCUT2D eigenvalue weighted by atomic mass is 35.5. The highest BCUT2D eigenvalue weighted by molar-refractivity contribution is 6.37. The number of halogens is 2. The van der Waals surface area contributed by atoms with E-state index in [2.05, 4.69) is 0 Å². The first-order chi connectivity index (χ1) is 17.6. The van der Waals surface area contributed by atoms with Crippen molar-refractivity contribution in [2.45, 2.75) is 58.8 Å². The predicted octanol–water partition coefficient (Wildman–Crippen LogP) is 6.11. The highest BCUT2D eigenvalue weighted by Gasteiger charge is 2.48. The third-order valence-electron chi connectivity index (χ3n) is 5.90. The molecule has 0 aliphatic carbocycles. The summed E-state index contributed by atoms with van der Waals surface area (Å²) in [6.07, 6.45) is -0.701. The average molecular weight is 560 g/mol. The fourth-order valence-corrected chi connectivity index (χ4v) is 5.12. The second-order valence-electron chi connectivity index (χ2n) is 11.2. The molecule has 0 radical (unpaired) electrons. The van der Waals surface area contributed by atoms with Crippen LogP contribution in [0.2, 0.25) is 10.0 Å². The van der Waals surface area contributed by atoms with Crippen LogP contribution in [0.3, 0.4) is 0 Å². The van der Waals surface area contributed by atoms with Gasteiger partial charge in [-0.25, -0.2) is 19.6 Å². The van der Waals surface area contributed by atoms with Crippen molar-refractivity contribution in [2.75, 3.05) is 23.5 Å². The van der Waals surface area contributed by atoms with E-state index in [1.54, 1.807) is 89.9 Å². The summed E-state index contributed by atoms with van der Waals surface area (Å²) in [7, 11) is 1.72. The summed E-state index contributed by atoms with van der Waals surface area (Å²) in [5, 5.41) is 3.17. The molecule has 0 bridgehead atoms. The van der Waals surface area contributed by atoms with Gasteiger partial charge in [-0.05, 0) is 65.8 Å². The third-order valence-corrected chi connectivity index (χ3v) is 6.42. The number of esters is 1. The van der Waals surface area contributed by atoms with Crippen LogP contribution in [-0.2, 0) is 19.1 Å². The number of anilines is 2. The Balaban J connectivity index is 1.94. The Kier molecular flexibility index (Phi) is 7.18. The molecule has 38 heavy (non-hydrogen) atoms. The number of carbonyl (C=O) groups excluding carboxylic acids is 3. The van der Waals surface area contributed by atoms with Crippen LogP contribution in [0.5, 0.6) is 0 Å². The Hall–Kier alpha value is -3.23. The largest absolute Gasteiger partial charge is 0.458 e. The van der Waals surface area contributed by atoms with E-state index < -0.39 is 35.2 Å². The van der Waals surface area contributed by atoms with E-state index in [0.717, 1.165) is 0 Å². The molecule has 1 saturated heterocycles. The molecule has 0 spiro atoms. The second-order valence-corrected chi connectivity index (χ2v) is 12.1. The monoisotopic (exact) mass is 559 g/mol. The first kappa shape index (κ1) is 27.8. The molecule has 1 unspecified atom stereocenters. The van der Waals surface area contributed by atoms with Crippen LogP contribution < -0.4 is 9.91 Å². The number of hydrogen-bond acceptors (Lipinski definition) is 6. The molecule has 202 valence electrons. The number of fused-ring (bicyclic) bond motifs is 1. The van der Waals surface area contributed by atoms with Crippen LogP contribution in [0.25, 0.3) is 5.57 Å². The molecule has 0 N–H and O–H groups in total. The fourth-order valence-electron chi connectivity index (χ4n) is 4.54. The lowest BCUT2D eigenvalue weighted by Gasteiger charge is -2.29. The number of likely N-dealkylation sites (N-methyl/N-ethyl adjacent to an activating group) is 1. The lowest BCUT2D eigenvalue weighted by molar-refractivity contribution is -0.154. The minimum absolute atomic E-state index is 0.135. The number of amides is 2. The second kappa shape index (κ2) is 9.82. The summed E-state index contributed by atoms with van der Waals surface area (Å²) in [5.41, 5.74) is 0.578. The SMILES string of the molecule is CN1c2cc(Cl)cc(Cl)c2C(=C2CN(C(=O)OC(C)(C)C)N(c3ccccc3)C2=O)C1C(=O)OC(C)(C)C. The molecule has 0 aromatic heterocycles. The lowest BCUT2D eigenvalue weighted by atomic mass is 9.95. The Morgan fingerprint density at radius 3 is 2.13 bits per heavy atom. The summed E-state index contributed by atoms with van der Waals surface area (Å²) in [5.74, 6) is -1.03. The minimum atomic E-state index is -0.990. The van der Waals surface area contributed by atoms with Gasteiger partial charge < -0.3 is 14.4 Å². The Morgan fingerprint density at radius 1 is 0.947 bits per heavy atom. The molecule has 2 aliphatic rings. The smallest absolute Gasteiger partial charge is 0.430 e. The van der Waals surface area contributed by atoms with Gasteiger partial charge in [-0.3, -0.25) is 4.79 Å². The number of carbonyl (C=O) groups is 3. The van der Waals surface area contributed by atoms with E-state index in [1.165, 1.54) is 10.0 Å². The molecular formula is C28H31Cl2N3O5. The van der Waals surface area contributed by atoms with Crippen molar-refractivity contribution >= 4 is 58.1 Å². The van der Waals surface area contributed by atoms with E-state index in [1.807, 2.05) is 6.07 Å². The molecular weight excluding hydrogens is 529 g/mol. The van der Waals surface area contributed by atoms with Crippen LogP contribution >= 0.6 is 23.2 Å². The van der Waals surface area contributed by atoms with Gasteiger partial charge in [0.15, 0.2) is 6.04 Å². The summed E-state index contributed by atoms with van der Waals surface area (Å²) in [6, 6.07) is 11.0. The summed E-state index contributed by atoms with van der Waals surface area (Å²) in [4.78, 5) is 42.7. The van der Waals surface area contributed by atoms with Crippen LogP contribution in [0.15, 0.2) is 48.0 Å². The zero-order valence-electron chi connectivity index (χ0n) is 22.5. The Morgan fingerprint density at radius 2 is 1.55 bits per heavy atom. The number of hydrazine groups is 1. The van der Waals surface area contributed by atoms with Crippen molar-refractivity contribution in [3.63, 3.8) is 0 Å². The molecule has 2 aromatic carbocycles. The standard InChI is InChI=1S/C28H31Cl2N3O5/c1-27(2,3)37-25(35)23-21(22-19(30)13-16(29)14-20(22)31(23)7)18-15-32(26(36)38-28(4,5)6)33(24(18)34)17-11-9-8-10-12-17/h8-14,23H,15H2,1-7H3. The van der Waals surface area contributed by atoms with Crippen LogP contribution in [0, 0.1) is 0 Å². The van der Waals surface area contributed by atoms with Crippen molar-refractivity contribution < 1.29 is 23.9 Å². The number of ether oxygens (including phenoxy) is 2. The van der Waals surface area contributed by atoms with Crippen LogP contribution in [0.1, 0.15) is 47.1 Å². The normalized spacial score (nSPS) is 19.7. The summed E-state index contributed by atoms with van der Waals surface area (Å²) in [6.45, 7) is 10.4. The van der Waals surface area contributed by atoms with Gasteiger partial charge in [-0.1, -0.05) is 41.4 Å². The minimum Gasteiger partial charge on any atom is -0.458 e. The average Bonchev–Trinajstić information content (AvgIpc) is 3.26. The molecule has 8 nitrogen and oxygen atoms in total. The first-order valence-corrected chi connectivity index (χ1v) is 12.9. The Labute approximate surface area is 232 Å². The number of para-hydroxylation sites is 1.